The van der Waals surface area contributed by atoms with E-state index in [1.165, 1.54) is 0 Å². The number of rotatable bonds is 4. The lowest BCUT2D eigenvalue weighted by molar-refractivity contribution is 0.414. The quantitative estimate of drug-likeness (QED) is 0.850. The fourth-order valence-electron chi connectivity index (χ4n) is 1.71. The summed E-state index contributed by atoms with van der Waals surface area (Å²) in [5, 5.41) is 4.51. The lowest BCUT2D eigenvalue weighted by Crippen LogP contribution is -2.06. The highest BCUT2D eigenvalue weighted by molar-refractivity contribution is 6.28. The summed E-state index contributed by atoms with van der Waals surface area (Å²) in [6.07, 6.45) is 0.991. The second-order valence-electron chi connectivity index (χ2n) is 4.16. The average molecular weight is 266 g/mol. The van der Waals surface area contributed by atoms with E-state index in [0.29, 0.717) is 5.92 Å². The predicted octanol–water partition coefficient (Wildman–Crippen LogP) is 3.44. The van der Waals surface area contributed by atoms with Crippen molar-refractivity contribution in [2.45, 2.75) is 26.2 Å². The first-order chi connectivity index (χ1) is 8.65. The van der Waals surface area contributed by atoms with Gasteiger partial charge in [0.2, 0.25) is 5.28 Å². The van der Waals surface area contributed by atoms with Crippen molar-refractivity contribution >= 4 is 11.6 Å². The standard InChI is InChI=1S/C13H16ClN3O/c1-4-9(2)12-15-13(14)16-17(12)10-5-7-11(18-3)8-6-10/h5-9H,4H2,1-3H3. The number of benzene rings is 1. The smallest absolute Gasteiger partial charge is 0.243 e. The first kappa shape index (κ1) is 12.9. The van der Waals surface area contributed by atoms with Gasteiger partial charge in [-0.15, -0.1) is 5.10 Å². The molecule has 0 radical (unpaired) electrons. The molecule has 0 aliphatic carbocycles. The van der Waals surface area contributed by atoms with Crippen molar-refractivity contribution in [2.24, 2.45) is 0 Å². The molecule has 4 nitrogen and oxygen atoms in total. The number of ether oxygens (including phenoxy) is 1. The maximum absolute atomic E-state index is 5.91. The third kappa shape index (κ3) is 2.48. The minimum absolute atomic E-state index is 0.279. The Balaban J connectivity index is 2.42. The molecular weight excluding hydrogens is 250 g/mol. The van der Waals surface area contributed by atoms with Crippen molar-refractivity contribution in [1.29, 1.82) is 0 Å². The monoisotopic (exact) mass is 265 g/mol. The molecule has 0 amide bonds. The minimum atomic E-state index is 0.279. The van der Waals surface area contributed by atoms with Crippen LogP contribution >= 0.6 is 11.6 Å². The normalized spacial score (nSPS) is 12.4. The summed E-state index contributed by atoms with van der Waals surface area (Å²) in [5.41, 5.74) is 0.936. The minimum Gasteiger partial charge on any atom is -0.497 e. The molecule has 1 atom stereocenters. The van der Waals surface area contributed by atoms with Crippen molar-refractivity contribution in [3.05, 3.63) is 35.4 Å². The van der Waals surface area contributed by atoms with Gasteiger partial charge in [0, 0.05) is 5.92 Å². The Morgan fingerprint density at radius 2 is 2.00 bits per heavy atom. The van der Waals surface area contributed by atoms with Crippen molar-refractivity contribution in [1.82, 2.24) is 14.8 Å². The van der Waals surface area contributed by atoms with Crippen LogP contribution in [-0.4, -0.2) is 21.9 Å². The van der Waals surface area contributed by atoms with Crippen LogP contribution in [0.3, 0.4) is 0 Å². The molecule has 0 saturated carbocycles. The zero-order chi connectivity index (χ0) is 13.1. The van der Waals surface area contributed by atoms with E-state index in [4.69, 9.17) is 16.3 Å². The van der Waals surface area contributed by atoms with Gasteiger partial charge in [-0.3, -0.25) is 0 Å². The van der Waals surface area contributed by atoms with Gasteiger partial charge in [-0.25, -0.2) is 9.67 Å². The molecule has 0 aliphatic rings. The van der Waals surface area contributed by atoms with Gasteiger partial charge >= 0.3 is 0 Å². The number of hydrogen-bond donors (Lipinski definition) is 0. The Bertz CT molecular complexity index is 522. The van der Waals surface area contributed by atoms with Gasteiger partial charge in [-0.1, -0.05) is 13.8 Å². The van der Waals surface area contributed by atoms with Crippen LogP contribution < -0.4 is 4.74 Å². The van der Waals surface area contributed by atoms with Gasteiger partial charge < -0.3 is 4.74 Å². The molecule has 0 spiro atoms. The molecule has 0 fully saturated rings. The summed E-state index contributed by atoms with van der Waals surface area (Å²) in [4.78, 5) is 4.29. The number of nitrogens with zero attached hydrogens (tertiary/aromatic N) is 3. The van der Waals surface area contributed by atoms with E-state index >= 15 is 0 Å². The van der Waals surface area contributed by atoms with Crippen molar-refractivity contribution in [2.75, 3.05) is 7.11 Å². The molecule has 5 heteroatoms. The van der Waals surface area contributed by atoms with Crippen LogP contribution in [-0.2, 0) is 0 Å². The summed E-state index contributed by atoms with van der Waals surface area (Å²) in [6.45, 7) is 4.23. The Kier molecular flexibility index (Phi) is 3.87. The van der Waals surface area contributed by atoms with Gasteiger partial charge in [-0.05, 0) is 42.3 Å². The fourth-order valence-corrected chi connectivity index (χ4v) is 1.88. The van der Waals surface area contributed by atoms with Crippen molar-refractivity contribution in [3.8, 4) is 11.4 Å². The van der Waals surface area contributed by atoms with Crippen LogP contribution in [0.25, 0.3) is 5.69 Å². The van der Waals surface area contributed by atoms with Crippen LogP contribution in [0.5, 0.6) is 5.75 Å². The van der Waals surface area contributed by atoms with Gasteiger partial charge in [0.15, 0.2) is 0 Å². The maximum Gasteiger partial charge on any atom is 0.243 e. The molecule has 1 heterocycles. The Morgan fingerprint density at radius 3 is 2.56 bits per heavy atom. The fraction of sp³-hybridized carbons (Fsp3) is 0.385. The highest BCUT2D eigenvalue weighted by Crippen LogP contribution is 2.23. The molecule has 1 aromatic carbocycles. The molecule has 2 aromatic rings. The van der Waals surface area contributed by atoms with Gasteiger partial charge in [-0.2, -0.15) is 0 Å². The van der Waals surface area contributed by atoms with Crippen molar-refractivity contribution in [3.63, 3.8) is 0 Å². The van der Waals surface area contributed by atoms with Crippen molar-refractivity contribution < 1.29 is 4.74 Å². The number of halogens is 1. The Morgan fingerprint density at radius 1 is 1.33 bits per heavy atom. The first-order valence-corrected chi connectivity index (χ1v) is 6.30. The van der Waals surface area contributed by atoms with Gasteiger partial charge in [0.25, 0.3) is 0 Å². The summed E-state index contributed by atoms with van der Waals surface area (Å²) >= 11 is 5.91. The zero-order valence-electron chi connectivity index (χ0n) is 10.7. The van der Waals surface area contributed by atoms with Gasteiger partial charge in [0.1, 0.15) is 11.6 Å². The van der Waals surface area contributed by atoms with E-state index in [-0.39, 0.29) is 5.28 Å². The van der Waals surface area contributed by atoms with Crippen LogP contribution in [0.2, 0.25) is 5.28 Å². The van der Waals surface area contributed by atoms with Gasteiger partial charge in [0.05, 0.1) is 12.8 Å². The number of hydrogen-bond acceptors (Lipinski definition) is 3. The predicted molar refractivity (Wildman–Crippen MR) is 71.6 cm³/mol. The average Bonchev–Trinajstić information content (AvgIpc) is 2.80. The largest absolute Gasteiger partial charge is 0.497 e. The number of methoxy groups -OCH3 is 1. The molecule has 0 N–H and O–H groups in total. The molecule has 18 heavy (non-hydrogen) atoms. The summed E-state index contributed by atoms with van der Waals surface area (Å²) in [5.74, 6) is 2.01. The first-order valence-electron chi connectivity index (χ1n) is 5.92. The second-order valence-corrected chi connectivity index (χ2v) is 4.50. The SMILES string of the molecule is CCC(C)c1nc(Cl)nn1-c1ccc(OC)cc1. The van der Waals surface area contributed by atoms with Crippen LogP contribution in [0.1, 0.15) is 32.0 Å². The summed E-state index contributed by atoms with van der Waals surface area (Å²) in [7, 11) is 1.64. The maximum atomic E-state index is 5.91. The molecule has 1 aromatic heterocycles. The van der Waals surface area contributed by atoms with E-state index in [0.717, 1.165) is 23.7 Å². The van der Waals surface area contributed by atoms with Crippen LogP contribution in [0, 0.1) is 0 Å². The Hall–Kier alpha value is -1.55. The highest BCUT2D eigenvalue weighted by atomic mass is 35.5. The van der Waals surface area contributed by atoms with E-state index in [2.05, 4.69) is 23.9 Å². The van der Waals surface area contributed by atoms with Crippen LogP contribution in [0.4, 0.5) is 0 Å². The molecule has 1 unspecified atom stereocenters. The molecular formula is C13H16ClN3O. The molecule has 0 aliphatic heterocycles. The highest BCUT2D eigenvalue weighted by Gasteiger charge is 2.15. The lowest BCUT2D eigenvalue weighted by Gasteiger charge is -2.10. The third-order valence-electron chi connectivity index (χ3n) is 2.98. The second kappa shape index (κ2) is 5.40. The Labute approximate surface area is 112 Å². The molecule has 2 rings (SSSR count). The lowest BCUT2D eigenvalue weighted by atomic mass is 10.1. The van der Waals surface area contributed by atoms with E-state index < -0.39 is 0 Å². The van der Waals surface area contributed by atoms with E-state index in [1.54, 1.807) is 11.8 Å². The summed E-state index contributed by atoms with van der Waals surface area (Å²) < 4.78 is 6.93. The summed E-state index contributed by atoms with van der Waals surface area (Å²) in [6, 6.07) is 7.67. The third-order valence-corrected chi connectivity index (χ3v) is 3.14. The van der Waals surface area contributed by atoms with E-state index in [1.807, 2.05) is 24.3 Å². The van der Waals surface area contributed by atoms with E-state index in [9.17, 15) is 0 Å². The zero-order valence-corrected chi connectivity index (χ0v) is 11.5. The molecule has 96 valence electrons. The van der Waals surface area contributed by atoms with Crippen LogP contribution in [0.15, 0.2) is 24.3 Å². The molecule has 0 saturated heterocycles. The number of aromatic nitrogens is 3. The topological polar surface area (TPSA) is 39.9 Å². The molecule has 0 bridgehead atoms.